The lowest BCUT2D eigenvalue weighted by molar-refractivity contribution is -0.119. The van der Waals surface area contributed by atoms with Crippen LogP contribution in [0.25, 0.3) is 5.65 Å². The van der Waals surface area contributed by atoms with Crippen molar-refractivity contribution in [3.63, 3.8) is 0 Å². The number of halogens is 2. The van der Waals surface area contributed by atoms with Gasteiger partial charge in [-0.05, 0) is 35.0 Å². The van der Waals surface area contributed by atoms with Crippen LogP contribution < -0.4 is 16.0 Å². The fourth-order valence-electron chi connectivity index (χ4n) is 3.90. The standard InChI is InChI=1S/C22H24BrFN7O6P/c1-12(13(2)32)10-38(34,37-14-6-4-3-5-7-14)35-9-15-17(33)22(23,24)21(11-25,36-15)16-8-28-19-18(26)29-20(27)30-31(16)19/h3-8,12,15,17,33H,9-10H2,1-2H3,(H4,26,27,29,30)/t12-,15-,17+,21+,22?,38?/m1/s1. The van der Waals surface area contributed by atoms with Gasteiger partial charge in [-0.2, -0.15) is 10.2 Å². The number of aliphatic hydroxyl groups excluding tert-OH is 1. The predicted molar refractivity (Wildman–Crippen MR) is 136 cm³/mol. The second-order valence-electron chi connectivity index (χ2n) is 8.76. The van der Waals surface area contributed by atoms with E-state index in [9.17, 15) is 19.7 Å². The van der Waals surface area contributed by atoms with Gasteiger partial charge < -0.3 is 25.8 Å². The molecule has 2 aromatic heterocycles. The molecule has 0 spiro atoms. The molecule has 0 bridgehead atoms. The lowest BCUT2D eigenvalue weighted by Gasteiger charge is -2.28. The Morgan fingerprint density at radius 3 is 2.74 bits per heavy atom. The van der Waals surface area contributed by atoms with Crippen molar-refractivity contribution >= 4 is 46.7 Å². The molecule has 0 radical (unpaired) electrons. The third-order valence-electron chi connectivity index (χ3n) is 6.06. The Morgan fingerprint density at radius 1 is 1.42 bits per heavy atom. The second-order valence-corrected chi connectivity index (χ2v) is 11.9. The molecule has 6 atom stereocenters. The number of hydrogen-bond donors (Lipinski definition) is 3. The van der Waals surface area contributed by atoms with E-state index >= 15 is 4.39 Å². The number of anilines is 2. The smallest absolute Gasteiger partial charge is 0.379 e. The van der Waals surface area contributed by atoms with Crippen LogP contribution in [0.2, 0.25) is 0 Å². The monoisotopic (exact) mass is 611 g/mol. The number of nitrogens with two attached hydrogens (primary N) is 2. The van der Waals surface area contributed by atoms with Gasteiger partial charge in [0.15, 0.2) is 11.5 Å². The third kappa shape index (κ3) is 4.85. The number of Topliss-reactive ketones (excluding diaryl/α,β-unsaturated/α-hetero) is 1. The number of hydrogen-bond acceptors (Lipinski definition) is 12. The van der Waals surface area contributed by atoms with Gasteiger partial charge in [0.05, 0.1) is 19.0 Å². The summed E-state index contributed by atoms with van der Waals surface area (Å²) in [4.78, 5) is 19.7. The summed E-state index contributed by atoms with van der Waals surface area (Å²) >= 11 is 2.80. The van der Waals surface area contributed by atoms with Gasteiger partial charge in [0, 0.05) is 5.92 Å². The van der Waals surface area contributed by atoms with E-state index in [-0.39, 0.29) is 40.8 Å². The Bertz CT molecular complexity index is 1450. The molecule has 202 valence electrons. The van der Waals surface area contributed by atoms with Crippen LogP contribution in [-0.4, -0.2) is 60.0 Å². The third-order valence-corrected chi connectivity index (χ3v) is 9.11. The molecule has 5 N–H and O–H groups in total. The summed E-state index contributed by atoms with van der Waals surface area (Å²) < 4.78 is 44.8. The summed E-state index contributed by atoms with van der Waals surface area (Å²) in [6.45, 7) is 2.24. The van der Waals surface area contributed by atoms with Crippen molar-refractivity contribution in [2.24, 2.45) is 5.92 Å². The molecule has 0 saturated carbocycles. The Morgan fingerprint density at radius 2 is 2.11 bits per heavy atom. The molecule has 38 heavy (non-hydrogen) atoms. The van der Waals surface area contributed by atoms with Crippen molar-refractivity contribution in [1.29, 1.82) is 5.26 Å². The lowest BCUT2D eigenvalue weighted by atomic mass is 9.94. The van der Waals surface area contributed by atoms with Crippen LogP contribution in [0.3, 0.4) is 0 Å². The minimum absolute atomic E-state index is 0.0242. The van der Waals surface area contributed by atoms with Crippen molar-refractivity contribution in [3.8, 4) is 11.8 Å². The second kappa shape index (κ2) is 10.2. The summed E-state index contributed by atoms with van der Waals surface area (Å²) in [6.07, 6.45) is -2.73. The molecular formula is C22H24BrFN7O6P. The molecule has 2 unspecified atom stereocenters. The predicted octanol–water partition coefficient (Wildman–Crippen LogP) is 2.34. The molecule has 16 heteroatoms. The number of nitrogen functional groups attached to an aromatic ring is 2. The Hall–Kier alpha value is -3.15. The number of aliphatic hydroxyl groups is 1. The van der Waals surface area contributed by atoms with Gasteiger partial charge >= 0.3 is 7.60 Å². The zero-order valence-electron chi connectivity index (χ0n) is 20.2. The Balaban J connectivity index is 1.66. The molecule has 4 rings (SSSR count). The molecule has 1 fully saturated rings. The number of alkyl halides is 2. The SMILES string of the molecule is CC(=O)[C@H](C)CP(=O)(OC[C@H]1O[C@@](C#N)(c2cnc3c(N)nc(N)nn23)C(F)(Br)[C@H]1O)Oc1ccccc1. The van der Waals surface area contributed by atoms with E-state index in [1.807, 2.05) is 0 Å². The van der Waals surface area contributed by atoms with Crippen LogP contribution in [0, 0.1) is 17.2 Å². The number of nitrogens with zero attached hydrogens (tertiary/aromatic N) is 5. The fraction of sp³-hybridized carbons (Fsp3) is 0.409. The van der Waals surface area contributed by atoms with Crippen LogP contribution in [0.5, 0.6) is 5.75 Å². The van der Waals surface area contributed by atoms with Crippen LogP contribution in [-0.2, 0) is 24.2 Å². The van der Waals surface area contributed by atoms with Gasteiger partial charge in [0.25, 0.3) is 0 Å². The summed E-state index contributed by atoms with van der Waals surface area (Å²) in [5, 5.41) is 24.9. The Labute approximate surface area is 224 Å². The maximum absolute atomic E-state index is 16.1. The quantitative estimate of drug-likeness (QED) is 0.236. The van der Waals surface area contributed by atoms with Crippen molar-refractivity contribution in [2.75, 3.05) is 24.2 Å². The van der Waals surface area contributed by atoms with Crippen molar-refractivity contribution in [2.45, 2.75) is 36.2 Å². The fourth-order valence-corrected chi connectivity index (χ4v) is 6.55. The molecular weight excluding hydrogens is 588 g/mol. The first-order valence-electron chi connectivity index (χ1n) is 11.2. The van der Waals surface area contributed by atoms with E-state index in [0.29, 0.717) is 0 Å². The molecule has 1 aromatic carbocycles. The van der Waals surface area contributed by atoms with Gasteiger partial charge in [-0.25, -0.2) is 18.5 Å². The first-order chi connectivity index (χ1) is 17.8. The van der Waals surface area contributed by atoms with E-state index in [1.165, 1.54) is 6.92 Å². The van der Waals surface area contributed by atoms with Gasteiger partial charge in [-0.15, -0.1) is 5.10 Å². The zero-order chi connectivity index (χ0) is 27.9. The number of benzene rings is 1. The molecule has 0 aliphatic carbocycles. The number of ketones is 1. The number of rotatable bonds is 9. The van der Waals surface area contributed by atoms with E-state index in [1.54, 1.807) is 43.3 Å². The van der Waals surface area contributed by atoms with Crippen LogP contribution in [0.1, 0.15) is 19.5 Å². The highest BCUT2D eigenvalue weighted by molar-refractivity contribution is 9.10. The van der Waals surface area contributed by atoms with E-state index in [2.05, 4.69) is 31.0 Å². The normalized spacial score (nSPS) is 27.5. The number of para-hydroxylation sites is 1. The lowest BCUT2D eigenvalue weighted by Crippen LogP contribution is -2.46. The minimum atomic E-state index is -4.04. The average molecular weight is 612 g/mol. The maximum Gasteiger partial charge on any atom is 0.379 e. The number of nitriles is 1. The number of carbonyl (C=O) groups is 1. The minimum Gasteiger partial charge on any atom is -0.424 e. The summed E-state index contributed by atoms with van der Waals surface area (Å²) in [5.74, 6) is -1.14. The van der Waals surface area contributed by atoms with E-state index in [0.717, 1.165) is 10.7 Å². The number of fused-ring (bicyclic) bond motifs is 1. The summed E-state index contributed by atoms with van der Waals surface area (Å²) in [6, 6.07) is 9.86. The molecule has 13 nitrogen and oxygen atoms in total. The number of ether oxygens (including phenoxy) is 1. The molecule has 3 heterocycles. The highest BCUT2D eigenvalue weighted by Crippen LogP contribution is 2.55. The largest absolute Gasteiger partial charge is 0.424 e. The number of aromatic nitrogens is 4. The van der Waals surface area contributed by atoms with Crippen molar-refractivity contribution in [1.82, 2.24) is 19.6 Å². The van der Waals surface area contributed by atoms with E-state index < -0.39 is 42.5 Å². The van der Waals surface area contributed by atoms with Crippen molar-refractivity contribution in [3.05, 3.63) is 42.2 Å². The summed E-state index contributed by atoms with van der Waals surface area (Å²) in [7, 11) is -4.04. The van der Waals surface area contributed by atoms with Crippen LogP contribution >= 0.6 is 23.5 Å². The average Bonchev–Trinajstić information content (AvgIpc) is 3.36. The van der Waals surface area contributed by atoms with E-state index in [4.69, 9.17) is 25.3 Å². The van der Waals surface area contributed by atoms with Gasteiger partial charge in [-0.1, -0.05) is 25.1 Å². The first-order valence-corrected chi connectivity index (χ1v) is 13.8. The maximum atomic E-state index is 16.1. The molecule has 1 aliphatic rings. The van der Waals surface area contributed by atoms with Crippen LogP contribution in [0.15, 0.2) is 36.5 Å². The number of carbonyl (C=O) groups excluding carboxylic acids is 1. The highest BCUT2D eigenvalue weighted by atomic mass is 79.9. The van der Waals surface area contributed by atoms with Gasteiger partial charge in [0.1, 0.15) is 35.5 Å². The zero-order valence-corrected chi connectivity index (χ0v) is 22.7. The molecule has 1 saturated heterocycles. The Kier molecular flexibility index (Phi) is 7.48. The molecule has 3 aromatic rings. The number of imidazole rings is 1. The van der Waals surface area contributed by atoms with Crippen molar-refractivity contribution < 1.29 is 32.6 Å². The van der Waals surface area contributed by atoms with Crippen LogP contribution in [0.4, 0.5) is 16.2 Å². The molecule has 1 aliphatic heterocycles. The van der Waals surface area contributed by atoms with Gasteiger partial charge in [-0.3, -0.25) is 9.32 Å². The first kappa shape index (κ1) is 27.9. The molecule has 0 amide bonds. The summed E-state index contributed by atoms with van der Waals surface area (Å²) in [5.41, 5.74) is 8.68. The topological polar surface area (TPSA) is 201 Å². The van der Waals surface area contributed by atoms with Gasteiger partial charge in [0.2, 0.25) is 16.1 Å². The highest BCUT2D eigenvalue weighted by Gasteiger charge is 2.69.